The van der Waals surface area contributed by atoms with Crippen molar-refractivity contribution in [3.05, 3.63) is 29.1 Å². The molecule has 88 valence electrons. The van der Waals surface area contributed by atoms with Gasteiger partial charge in [-0.2, -0.15) is 0 Å². The summed E-state index contributed by atoms with van der Waals surface area (Å²) < 4.78 is 5.07. The number of carbonyl (C=O) groups excluding carboxylic acids is 1. The van der Waals surface area contributed by atoms with Gasteiger partial charge in [0.1, 0.15) is 12.3 Å². The molecular weight excluding hydrogens is 244 g/mol. The molecule has 1 fully saturated rings. The van der Waals surface area contributed by atoms with Gasteiger partial charge in [0, 0.05) is 6.08 Å². The molecule has 0 unspecified atom stereocenters. The highest BCUT2D eigenvalue weighted by molar-refractivity contribution is 8.18. The summed E-state index contributed by atoms with van der Waals surface area (Å²) in [5, 5.41) is 11.2. The van der Waals surface area contributed by atoms with Crippen molar-refractivity contribution in [3.63, 3.8) is 0 Å². The van der Waals surface area contributed by atoms with Gasteiger partial charge >= 0.3 is 5.97 Å². The first kappa shape index (κ1) is 11.5. The van der Waals surface area contributed by atoms with E-state index in [1.807, 2.05) is 0 Å². The molecule has 1 aromatic rings. The van der Waals surface area contributed by atoms with Crippen molar-refractivity contribution in [1.82, 2.24) is 5.32 Å². The van der Waals surface area contributed by atoms with Crippen LogP contribution in [-0.2, 0) is 9.59 Å². The van der Waals surface area contributed by atoms with Gasteiger partial charge in [0.05, 0.1) is 11.2 Å². The summed E-state index contributed by atoms with van der Waals surface area (Å²) in [6.07, 6.45) is 3.08. The fraction of sp³-hybridized carbons (Fsp3) is 0.100. The summed E-state index contributed by atoms with van der Waals surface area (Å²) in [4.78, 5) is 26.0. The Labute approximate surface area is 100 Å². The van der Waals surface area contributed by atoms with E-state index in [-0.39, 0.29) is 17.6 Å². The van der Waals surface area contributed by atoms with E-state index >= 15 is 0 Å². The number of amidine groups is 1. The van der Waals surface area contributed by atoms with Crippen LogP contribution in [0.1, 0.15) is 5.76 Å². The zero-order valence-corrected chi connectivity index (χ0v) is 9.36. The molecule has 2 heterocycles. The summed E-state index contributed by atoms with van der Waals surface area (Å²) in [5.41, 5.74) is 0. The fourth-order valence-electron chi connectivity index (χ4n) is 1.14. The van der Waals surface area contributed by atoms with E-state index in [2.05, 4.69) is 10.3 Å². The van der Waals surface area contributed by atoms with Gasteiger partial charge in [-0.15, -0.1) is 0 Å². The first-order valence-corrected chi connectivity index (χ1v) is 5.47. The average Bonchev–Trinajstić information content (AvgIpc) is 2.87. The Balaban J connectivity index is 2.10. The smallest absolute Gasteiger partial charge is 0.325 e. The lowest BCUT2D eigenvalue weighted by molar-refractivity contribution is -0.135. The number of rotatable bonds is 3. The van der Waals surface area contributed by atoms with E-state index < -0.39 is 5.97 Å². The molecule has 7 heteroatoms. The number of nitrogens with zero attached hydrogens (tertiary/aromatic N) is 1. The summed E-state index contributed by atoms with van der Waals surface area (Å²) in [6, 6.07) is 3.43. The Morgan fingerprint density at radius 3 is 3.12 bits per heavy atom. The number of thioether (sulfide) groups is 1. The molecule has 1 saturated heterocycles. The fourth-order valence-corrected chi connectivity index (χ4v) is 1.94. The molecule has 6 nitrogen and oxygen atoms in total. The first-order chi connectivity index (χ1) is 8.15. The Morgan fingerprint density at radius 2 is 2.47 bits per heavy atom. The summed E-state index contributed by atoms with van der Waals surface area (Å²) in [5.74, 6) is -0.798. The van der Waals surface area contributed by atoms with Crippen LogP contribution in [-0.4, -0.2) is 28.7 Å². The van der Waals surface area contributed by atoms with Crippen LogP contribution >= 0.6 is 11.8 Å². The Bertz CT molecular complexity index is 504. The van der Waals surface area contributed by atoms with Gasteiger partial charge in [0.15, 0.2) is 5.17 Å². The average molecular weight is 252 g/mol. The molecule has 2 rings (SSSR count). The van der Waals surface area contributed by atoms with Crippen molar-refractivity contribution in [2.24, 2.45) is 4.99 Å². The summed E-state index contributed by atoms with van der Waals surface area (Å²) >= 11 is 1.09. The van der Waals surface area contributed by atoms with Crippen LogP contribution in [0.15, 0.2) is 32.7 Å². The zero-order chi connectivity index (χ0) is 12.3. The third kappa shape index (κ3) is 2.97. The largest absolute Gasteiger partial charge is 0.480 e. The molecule has 0 saturated carbocycles. The first-order valence-electron chi connectivity index (χ1n) is 4.66. The zero-order valence-electron chi connectivity index (χ0n) is 8.54. The van der Waals surface area contributed by atoms with Crippen LogP contribution in [0.3, 0.4) is 0 Å². The maximum atomic E-state index is 11.5. The normalized spacial score (nSPS) is 19.9. The minimum absolute atomic E-state index is 0.287. The molecule has 17 heavy (non-hydrogen) atoms. The van der Waals surface area contributed by atoms with Gasteiger partial charge in [0.2, 0.25) is 0 Å². The number of aliphatic imine (C=N–C) groups is 1. The molecular formula is C10H8N2O4S. The molecule has 1 aromatic heterocycles. The second-order valence-corrected chi connectivity index (χ2v) is 4.13. The van der Waals surface area contributed by atoms with Crippen molar-refractivity contribution >= 4 is 34.9 Å². The maximum Gasteiger partial charge on any atom is 0.325 e. The van der Waals surface area contributed by atoms with Crippen molar-refractivity contribution in [2.75, 3.05) is 6.54 Å². The van der Waals surface area contributed by atoms with Crippen LogP contribution in [0.2, 0.25) is 0 Å². The third-order valence-electron chi connectivity index (χ3n) is 1.83. The lowest BCUT2D eigenvalue weighted by Gasteiger charge is -1.91. The van der Waals surface area contributed by atoms with Gasteiger partial charge in [-0.1, -0.05) is 0 Å². The lowest BCUT2D eigenvalue weighted by Crippen LogP contribution is -2.20. The Morgan fingerprint density at radius 1 is 1.65 bits per heavy atom. The van der Waals surface area contributed by atoms with Crippen LogP contribution in [0.4, 0.5) is 0 Å². The summed E-state index contributed by atoms with van der Waals surface area (Å²) in [7, 11) is 0. The number of aliphatic carboxylic acids is 1. The minimum atomic E-state index is -1.05. The van der Waals surface area contributed by atoms with Gasteiger partial charge in [-0.3, -0.25) is 14.6 Å². The molecule has 1 amide bonds. The Kier molecular flexibility index (Phi) is 3.29. The second-order valence-electron chi connectivity index (χ2n) is 3.10. The third-order valence-corrected chi connectivity index (χ3v) is 2.77. The van der Waals surface area contributed by atoms with E-state index in [9.17, 15) is 9.59 Å². The van der Waals surface area contributed by atoms with Gasteiger partial charge in [-0.25, -0.2) is 0 Å². The van der Waals surface area contributed by atoms with Crippen molar-refractivity contribution < 1.29 is 19.1 Å². The van der Waals surface area contributed by atoms with Gasteiger partial charge in [0.25, 0.3) is 5.91 Å². The number of furan rings is 1. The van der Waals surface area contributed by atoms with E-state index in [0.29, 0.717) is 10.7 Å². The SMILES string of the molecule is O=C(O)CN=C1NC(=O)/C(=C/c2ccco2)S1. The van der Waals surface area contributed by atoms with Crippen LogP contribution in [0, 0.1) is 0 Å². The number of carbonyl (C=O) groups is 2. The molecule has 0 aliphatic carbocycles. The molecule has 2 N–H and O–H groups in total. The van der Waals surface area contributed by atoms with E-state index in [0.717, 1.165) is 11.8 Å². The van der Waals surface area contributed by atoms with E-state index in [4.69, 9.17) is 9.52 Å². The highest BCUT2D eigenvalue weighted by Crippen LogP contribution is 2.25. The number of hydrogen-bond acceptors (Lipinski definition) is 5. The monoisotopic (exact) mass is 252 g/mol. The highest BCUT2D eigenvalue weighted by atomic mass is 32.2. The van der Waals surface area contributed by atoms with Gasteiger partial charge in [-0.05, 0) is 23.9 Å². The standard InChI is InChI=1S/C10H8N2O4S/c13-8(14)5-11-10-12-9(15)7(17-10)4-6-2-1-3-16-6/h1-4H,5H2,(H,13,14)(H,11,12,15)/b7-4-. The van der Waals surface area contributed by atoms with Crippen LogP contribution in [0.25, 0.3) is 6.08 Å². The van der Waals surface area contributed by atoms with E-state index in [1.165, 1.54) is 6.26 Å². The Hall–Kier alpha value is -2.02. The number of carboxylic acid groups (broad SMARTS) is 1. The lowest BCUT2D eigenvalue weighted by atomic mass is 10.4. The molecule has 0 atom stereocenters. The molecule has 0 aromatic carbocycles. The van der Waals surface area contributed by atoms with Gasteiger partial charge < -0.3 is 14.8 Å². The quantitative estimate of drug-likeness (QED) is 0.780. The summed E-state index contributed by atoms with van der Waals surface area (Å²) in [6.45, 7) is -0.364. The topological polar surface area (TPSA) is 91.9 Å². The molecule has 0 spiro atoms. The number of carboxylic acids is 1. The number of amides is 1. The predicted molar refractivity (Wildman–Crippen MR) is 62.4 cm³/mol. The minimum Gasteiger partial charge on any atom is -0.480 e. The second kappa shape index (κ2) is 4.88. The number of hydrogen-bond donors (Lipinski definition) is 2. The molecule has 1 aliphatic rings. The van der Waals surface area contributed by atoms with Crippen molar-refractivity contribution in [3.8, 4) is 0 Å². The maximum absolute atomic E-state index is 11.5. The van der Waals surface area contributed by atoms with Crippen LogP contribution in [0.5, 0.6) is 0 Å². The van der Waals surface area contributed by atoms with E-state index in [1.54, 1.807) is 18.2 Å². The van der Waals surface area contributed by atoms with Crippen molar-refractivity contribution in [1.29, 1.82) is 0 Å². The molecule has 1 aliphatic heterocycles. The number of nitrogens with one attached hydrogen (secondary N) is 1. The highest BCUT2D eigenvalue weighted by Gasteiger charge is 2.24. The van der Waals surface area contributed by atoms with Crippen molar-refractivity contribution in [2.45, 2.75) is 0 Å². The molecule has 0 radical (unpaired) electrons. The predicted octanol–water partition coefficient (Wildman–Crippen LogP) is 0.924. The molecule has 0 bridgehead atoms. The van der Waals surface area contributed by atoms with Crippen LogP contribution < -0.4 is 5.32 Å².